The van der Waals surface area contributed by atoms with Crippen LogP contribution in [0.25, 0.3) is 0 Å². The molecule has 0 saturated heterocycles. The van der Waals surface area contributed by atoms with E-state index in [9.17, 15) is 0 Å². The number of alkyl halides is 1. The molecule has 90 valence electrons. The van der Waals surface area contributed by atoms with Gasteiger partial charge in [0.25, 0.3) is 0 Å². The van der Waals surface area contributed by atoms with Crippen LogP contribution in [0.1, 0.15) is 20.1 Å². The normalized spacial score (nSPS) is 12.5. The Balaban J connectivity index is 2.42. The summed E-state index contributed by atoms with van der Waals surface area (Å²) in [6.45, 7) is 2.12. The van der Waals surface area contributed by atoms with Gasteiger partial charge in [0.1, 0.15) is 5.75 Å². The molecule has 2 rings (SSSR count). The second-order valence-corrected chi connectivity index (χ2v) is 6.85. The summed E-state index contributed by atoms with van der Waals surface area (Å²) >= 11 is 9.04. The summed E-state index contributed by atoms with van der Waals surface area (Å²) in [5.41, 5.74) is 1.14. The molecule has 2 aromatic rings. The van der Waals surface area contributed by atoms with E-state index in [0.29, 0.717) is 0 Å². The zero-order valence-electron chi connectivity index (χ0n) is 9.54. The van der Waals surface area contributed by atoms with Crippen molar-refractivity contribution in [2.75, 3.05) is 7.11 Å². The molecule has 4 heteroatoms. The molecule has 1 aromatic carbocycles. The van der Waals surface area contributed by atoms with Crippen LogP contribution in [0.4, 0.5) is 0 Å². The Kier molecular flexibility index (Phi) is 4.28. The first-order valence-corrected chi connectivity index (χ1v) is 7.68. The van der Waals surface area contributed by atoms with Crippen LogP contribution in [0.5, 0.6) is 5.75 Å². The third-order valence-corrected chi connectivity index (χ3v) is 5.32. The fraction of sp³-hybridized carbons (Fsp3) is 0.231. The summed E-state index contributed by atoms with van der Waals surface area (Å²) in [5, 5.41) is 0. The monoisotopic (exact) mass is 374 g/mol. The highest BCUT2D eigenvalue weighted by Crippen LogP contribution is 2.40. The molecule has 0 fully saturated rings. The van der Waals surface area contributed by atoms with Gasteiger partial charge in [0.2, 0.25) is 0 Å². The fourth-order valence-electron chi connectivity index (χ4n) is 1.65. The number of hydrogen-bond acceptors (Lipinski definition) is 2. The van der Waals surface area contributed by atoms with E-state index in [1.165, 1.54) is 9.75 Å². The van der Waals surface area contributed by atoms with Gasteiger partial charge in [-0.25, -0.2) is 0 Å². The van der Waals surface area contributed by atoms with E-state index in [0.717, 1.165) is 15.8 Å². The van der Waals surface area contributed by atoms with Crippen LogP contribution in [-0.4, -0.2) is 7.11 Å². The highest BCUT2D eigenvalue weighted by molar-refractivity contribution is 9.10. The molecule has 0 saturated carbocycles. The Morgan fingerprint density at radius 1 is 1.24 bits per heavy atom. The van der Waals surface area contributed by atoms with Gasteiger partial charge < -0.3 is 4.74 Å². The van der Waals surface area contributed by atoms with Gasteiger partial charge in [0, 0.05) is 19.8 Å². The van der Waals surface area contributed by atoms with Gasteiger partial charge in [-0.2, -0.15) is 0 Å². The van der Waals surface area contributed by atoms with Crippen LogP contribution < -0.4 is 4.74 Å². The van der Waals surface area contributed by atoms with Gasteiger partial charge in [0.15, 0.2) is 0 Å². The molecule has 0 spiro atoms. The molecule has 0 amide bonds. The number of aryl methyl sites for hydroxylation is 1. The molecule has 0 aliphatic carbocycles. The quantitative estimate of drug-likeness (QED) is 0.660. The Morgan fingerprint density at radius 2 is 2.00 bits per heavy atom. The number of ether oxygens (including phenoxy) is 1. The lowest BCUT2D eigenvalue weighted by atomic mass is 10.1. The lowest BCUT2D eigenvalue weighted by Gasteiger charge is -2.13. The lowest BCUT2D eigenvalue weighted by Crippen LogP contribution is -1.95. The first-order valence-electron chi connectivity index (χ1n) is 5.15. The Labute approximate surface area is 122 Å². The number of halogens is 2. The van der Waals surface area contributed by atoms with Crippen molar-refractivity contribution in [3.8, 4) is 5.75 Å². The minimum Gasteiger partial charge on any atom is -0.496 e. The molecule has 1 heterocycles. The molecular weight excluding hydrogens is 364 g/mol. The van der Waals surface area contributed by atoms with Crippen molar-refractivity contribution in [3.63, 3.8) is 0 Å². The number of benzene rings is 1. The van der Waals surface area contributed by atoms with Crippen LogP contribution in [0.3, 0.4) is 0 Å². The van der Waals surface area contributed by atoms with Gasteiger partial charge >= 0.3 is 0 Å². The maximum Gasteiger partial charge on any atom is 0.123 e. The third-order valence-electron chi connectivity index (χ3n) is 2.48. The first kappa shape index (κ1) is 13.1. The molecule has 1 aromatic heterocycles. The average Bonchev–Trinajstić information content (AvgIpc) is 2.75. The van der Waals surface area contributed by atoms with Gasteiger partial charge in [0.05, 0.1) is 11.9 Å². The molecule has 1 atom stereocenters. The van der Waals surface area contributed by atoms with E-state index in [1.54, 1.807) is 18.4 Å². The number of methoxy groups -OCH3 is 1. The van der Waals surface area contributed by atoms with Gasteiger partial charge in [-0.05, 0) is 37.3 Å². The summed E-state index contributed by atoms with van der Waals surface area (Å²) in [5.74, 6) is 0.904. The molecule has 0 aliphatic rings. The first-order chi connectivity index (χ1) is 8.11. The predicted molar refractivity (Wildman–Crippen MR) is 80.5 cm³/mol. The Hall–Kier alpha value is -0.320. The van der Waals surface area contributed by atoms with Crippen LogP contribution in [0, 0.1) is 6.92 Å². The highest BCUT2D eigenvalue weighted by atomic mass is 79.9. The summed E-state index contributed by atoms with van der Waals surface area (Å²) in [6, 6.07) is 10.3. The summed E-state index contributed by atoms with van der Waals surface area (Å²) in [7, 11) is 1.70. The second-order valence-electron chi connectivity index (χ2n) is 3.70. The van der Waals surface area contributed by atoms with Gasteiger partial charge in [-0.1, -0.05) is 31.9 Å². The summed E-state index contributed by atoms with van der Waals surface area (Å²) in [6.07, 6.45) is 0. The number of hydrogen-bond donors (Lipinski definition) is 0. The van der Waals surface area contributed by atoms with Gasteiger partial charge in [-0.15, -0.1) is 11.3 Å². The summed E-state index contributed by atoms with van der Waals surface area (Å²) in [4.78, 5) is 2.78. The van der Waals surface area contributed by atoms with E-state index < -0.39 is 0 Å². The van der Waals surface area contributed by atoms with Crippen molar-refractivity contribution in [2.24, 2.45) is 0 Å². The highest BCUT2D eigenvalue weighted by Gasteiger charge is 2.17. The zero-order valence-corrected chi connectivity index (χ0v) is 13.5. The molecule has 0 bridgehead atoms. The number of rotatable bonds is 3. The minimum atomic E-state index is 0.175. The van der Waals surface area contributed by atoms with Crippen LogP contribution >= 0.6 is 43.2 Å². The molecular formula is C13H12Br2OS. The molecule has 0 radical (unpaired) electrons. The lowest BCUT2D eigenvalue weighted by molar-refractivity contribution is 0.410. The number of thiophene rings is 1. The molecule has 1 unspecified atom stereocenters. The topological polar surface area (TPSA) is 9.23 Å². The average molecular weight is 376 g/mol. The van der Waals surface area contributed by atoms with Crippen molar-refractivity contribution in [3.05, 3.63) is 50.1 Å². The zero-order chi connectivity index (χ0) is 12.4. The summed E-state index contributed by atoms with van der Waals surface area (Å²) < 4.78 is 6.46. The van der Waals surface area contributed by atoms with E-state index in [2.05, 4.69) is 57.0 Å². The Morgan fingerprint density at radius 3 is 2.59 bits per heavy atom. The maximum atomic E-state index is 5.40. The smallest absolute Gasteiger partial charge is 0.123 e. The minimum absolute atomic E-state index is 0.175. The van der Waals surface area contributed by atoms with Crippen molar-refractivity contribution in [1.82, 2.24) is 0 Å². The largest absolute Gasteiger partial charge is 0.496 e. The standard InChI is InChI=1S/C13H12Br2OS/c1-8-3-6-12(17-8)13(15)10-7-9(14)4-5-11(10)16-2/h3-7,13H,1-2H3. The van der Waals surface area contributed by atoms with Crippen molar-refractivity contribution < 1.29 is 4.74 Å². The molecule has 0 aliphatic heterocycles. The van der Waals surface area contributed by atoms with E-state index in [4.69, 9.17) is 4.74 Å². The molecule has 1 nitrogen and oxygen atoms in total. The van der Waals surface area contributed by atoms with Crippen molar-refractivity contribution >= 4 is 43.2 Å². The Bertz CT molecular complexity index is 522. The van der Waals surface area contributed by atoms with E-state index >= 15 is 0 Å². The van der Waals surface area contributed by atoms with Crippen LogP contribution in [-0.2, 0) is 0 Å². The molecule has 17 heavy (non-hydrogen) atoms. The predicted octanol–water partition coefficient (Wildman–Crippen LogP) is 5.31. The third kappa shape index (κ3) is 2.92. The fourth-order valence-corrected chi connectivity index (χ4v) is 3.69. The van der Waals surface area contributed by atoms with Crippen LogP contribution in [0.2, 0.25) is 0 Å². The SMILES string of the molecule is COc1ccc(Br)cc1C(Br)c1ccc(C)s1. The van der Waals surface area contributed by atoms with Crippen molar-refractivity contribution in [1.29, 1.82) is 0 Å². The van der Waals surface area contributed by atoms with Crippen LogP contribution in [0.15, 0.2) is 34.8 Å². The molecule has 0 N–H and O–H groups in total. The second kappa shape index (κ2) is 5.55. The van der Waals surface area contributed by atoms with Crippen molar-refractivity contribution in [2.45, 2.75) is 11.8 Å². The maximum absolute atomic E-state index is 5.40. The van der Waals surface area contributed by atoms with Gasteiger partial charge in [-0.3, -0.25) is 0 Å². The van der Waals surface area contributed by atoms with E-state index in [-0.39, 0.29) is 4.83 Å². The van der Waals surface area contributed by atoms with E-state index in [1.807, 2.05) is 12.1 Å².